The number of nitrogens with one attached hydrogen (secondary N) is 2. The molecule has 0 saturated carbocycles. The molecule has 1 fully saturated rings. The molecule has 0 radical (unpaired) electrons. The maximum Gasteiger partial charge on any atom is 0.237 e. The van der Waals surface area contributed by atoms with E-state index in [1.807, 2.05) is 29.4 Å². The monoisotopic (exact) mass is 360 g/mol. The van der Waals surface area contributed by atoms with Crippen LogP contribution in [0.1, 0.15) is 11.4 Å². The minimum atomic E-state index is 0.163. The van der Waals surface area contributed by atoms with Crippen LogP contribution in [-0.2, 0) is 17.9 Å². The van der Waals surface area contributed by atoms with Gasteiger partial charge in [0.25, 0.3) is 0 Å². The van der Waals surface area contributed by atoms with Crippen molar-refractivity contribution in [1.29, 1.82) is 0 Å². The fourth-order valence-corrected chi connectivity index (χ4v) is 3.74. The summed E-state index contributed by atoms with van der Waals surface area (Å²) in [5.74, 6) is 0.163. The topological polar surface area (TPSA) is 80.9 Å². The quantitative estimate of drug-likeness (QED) is 0.585. The van der Waals surface area contributed by atoms with E-state index in [0.717, 1.165) is 52.8 Å². The summed E-state index contributed by atoms with van der Waals surface area (Å²) >= 11 is 0. The third kappa shape index (κ3) is 3.17. The highest BCUT2D eigenvalue weighted by Crippen LogP contribution is 2.18. The van der Waals surface area contributed by atoms with E-state index in [2.05, 4.69) is 37.0 Å². The summed E-state index contributed by atoms with van der Waals surface area (Å²) in [6.07, 6.45) is 7.25. The van der Waals surface area contributed by atoms with Crippen LogP contribution in [-0.4, -0.2) is 55.3 Å². The second kappa shape index (κ2) is 6.51. The van der Waals surface area contributed by atoms with Crippen LogP contribution in [0, 0.1) is 0 Å². The maximum atomic E-state index is 12.6. The predicted octanol–water partition coefficient (Wildman–Crippen LogP) is 2.28. The number of amides is 1. The van der Waals surface area contributed by atoms with Gasteiger partial charge >= 0.3 is 0 Å². The highest BCUT2D eigenvalue weighted by Gasteiger charge is 2.24. The molecule has 0 bridgehead atoms. The smallest absolute Gasteiger partial charge is 0.237 e. The Morgan fingerprint density at radius 1 is 0.889 bits per heavy atom. The second-order valence-corrected chi connectivity index (χ2v) is 7.04. The van der Waals surface area contributed by atoms with Crippen molar-refractivity contribution in [1.82, 2.24) is 29.7 Å². The molecule has 4 aromatic heterocycles. The summed E-state index contributed by atoms with van der Waals surface area (Å²) in [5, 5.41) is 2.18. The first-order valence-electron chi connectivity index (χ1n) is 9.08. The van der Waals surface area contributed by atoms with Crippen molar-refractivity contribution in [3.8, 4) is 0 Å². The molecular formula is C20H20N6O. The van der Waals surface area contributed by atoms with E-state index < -0.39 is 0 Å². The van der Waals surface area contributed by atoms with Gasteiger partial charge in [-0.3, -0.25) is 19.7 Å². The number of fused-ring (bicyclic) bond motifs is 2. The minimum Gasteiger partial charge on any atom is -0.357 e. The fourth-order valence-electron chi connectivity index (χ4n) is 3.74. The summed E-state index contributed by atoms with van der Waals surface area (Å²) in [5.41, 5.74) is 4.29. The summed E-state index contributed by atoms with van der Waals surface area (Å²) in [4.78, 5) is 31.8. The van der Waals surface area contributed by atoms with Crippen LogP contribution in [0.15, 0.2) is 49.1 Å². The molecule has 0 unspecified atom stereocenters. The van der Waals surface area contributed by atoms with E-state index >= 15 is 0 Å². The van der Waals surface area contributed by atoms with Gasteiger partial charge in [-0.15, -0.1) is 0 Å². The molecule has 0 aliphatic carbocycles. The lowest BCUT2D eigenvalue weighted by atomic mass is 10.2. The Kier molecular flexibility index (Phi) is 3.86. The van der Waals surface area contributed by atoms with Crippen molar-refractivity contribution in [3.05, 3.63) is 60.4 Å². The number of carbonyl (C=O) groups is 1. The average Bonchev–Trinajstić information content (AvgIpc) is 3.26. The summed E-state index contributed by atoms with van der Waals surface area (Å²) < 4.78 is 0. The minimum absolute atomic E-state index is 0.163. The Bertz CT molecular complexity index is 1050. The van der Waals surface area contributed by atoms with Gasteiger partial charge in [-0.1, -0.05) is 0 Å². The first-order chi connectivity index (χ1) is 13.2. The molecule has 1 aliphatic rings. The highest BCUT2D eigenvalue weighted by atomic mass is 16.2. The molecule has 1 amide bonds. The van der Waals surface area contributed by atoms with Crippen LogP contribution in [0.4, 0.5) is 0 Å². The molecule has 1 saturated heterocycles. The summed E-state index contributed by atoms with van der Waals surface area (Å²) in [7, 11) is 0. The molecule has 5 rings (SSSR count). The number of hydrogen-bond acceptors (Lipinski definition) is 4. The zero-order valence-electron chi connectivity index (χ0n) is 14.9. The van der Waals surface area contributed by atoms with Gasteiger partial charge in [0, 0.05) is 77.6 Å². The Hall–Kier alpha value is -3.19. The van der Waals surface area contributed by atoms with Crippen molar-refractivity contribution >= 4 is 27.7 Å². The Morgan fingerprint density at radius 2 is 1.52 bits per heavy atom. The molecule has 7 heteroatoms. The van der Waals surface area contributed by atoms with Gasteiger partial charge in [-0.25, -0.2) is 0 Å². The Balaban J connectivity index is 1.24. The van der Waals surface area contributed by atoms with Crippen molar-refractivity contribution in [2.24, 2.45) is 0 Å². The Labute approximate surface area is 156 Å². The van der Waals surface area contributed by atoms with E-state index in [-0.39, 0.29) is 5.91 Å². The number of aromatic amines is 2. The number of pyridine rings is 2. The van der Waals surface area contributed by atoms with Crippen LogP contribution >= 0.6 is 0 Å². The molecule has 4 aromatic rings. The molecule has 0 aromatic carbocycles. The average molecular weight is 360 g/mol. The molecule has 1 aliphatic heterocycles. The van der Waals surface area contributed by atoms with Crippen LogP contribution in [0.5, 0.6) is 0 Å². The zero-order chi connectivity index (χ0) is 18.2. The number of piperazine rings is 1. The first-order valence-corrected chi connectivity index (χ1v) is 9.08. The van der Waals surface area contributed by atoms with Gasteiger partial charge < -0.3 is 14.9 Å². The molecule has 2 N–H and O–H groups in total. The lowest BCUT2D eigenvalue weighted by Crippen LogP contribution is -2.49. The highest BCUT2D eigenvalue weighted by molar-refractivity contribution is 5.81. The van der Waals surface area contributed by atoms with E-state index in [1.165, 1.54) is 0 Å². The third-order valence-electron chi connectivity index (χ3n) is 5.11. The lowest BCUT2D eigenvalue weighted by Gasteiger charge is -2.33. The van der Waals surface area contributed by atoms with Gasteiger partial charge in [0.1, 0.15) is 0 Å². The number of hydrogen-bond donors (Lipinski definition) is 2. The van der Waals surface area contributed by atoms with Gasteiger partial charge in [-0.2, -0.15) is 0 Å². The van der Waals surface area contributed by atoms with Crippen LogP contribution in [0.25, 0.3) is 21.8 Å². The molecule has 5 heterocycles. The van der Waals surface area contributed by atoms with Crippen LogP contribution < -0.4 is 0 Å². The fraction of sp³-hybridized carbons (Fsp3) is 0.250. The molecule has 0 atom stereocenters. The van der Waals surface area contributed by atoms with Crippen molar-refractivity contribution in [2.45, 2.75) is 13.1 Å². The van der Waals surface area contributed by atoms with Gasteiger partial charge in [0.05, 0.1) is 13.1 Å². The number of rotatable bonds is 4. The van der Waals surface area contributed by atoms with E-state index in [1.54, 1.807) is 12.4 Å². The third-order valence-corrected chi connectivity index (χ3v) is 5.11. The van der Waals surface area contributed by atoms with Gasteiger partial charge in [-0.05, 0) is 24.3 Å². The zero-order valence-corrected chi connectivity index (χ0v) is 14.9. The largest absolute Gasteiger partial charge is 0.357 e. The predicted molar refractivity (Wildman–Crippen MR) is 103 cm³/mol. The number of H-pyrrole nitrogens is 2. The molecular weight excluding hydrogens is 340 g/mol. The lowest BCUT2D eigenvalue weighted by molar-refractivity contribution is -0.137. The maximum absolute atomic E-state index is 12.6. The van der Waals surface area contributed by atoms with E-state index in [9.17, 15) is 4.79 Å². The first kappa shape index (κ1) is 16.0. The van der Waals surface area contributed by atoms with Crippen molar-refractivity contribution < 1.29 is 4.79 Å². The number of aromatic nitrogens is 4. The van der Waals surface area contributed by atoms with E-state index in [4.69, 9.17) is 0 Å². The number of carbonyl (C=O) groups excluding carboxylic acids is 1. The van der Waals surface area contributed by atoms with Crippen molar-refractivity contribution in [3.63, 3.8) is 0 Å². The normalized spacial score (nSPS) is 15.9. The second-order valence-electron chi connectivity index (χ2n) is 7.04. The summed E-state index contributed by atoms with van der Waals surface area (Å²) in [6.45, 7) is 3.39. The molecule has 0 spiro atoms. The van der Waals surface area contributed by atoms with Crippen LogP contribution in [0.2, 0.25) is 0 Å². The SMILES string of the molecule is O=C1CN(Cc2cc3cnccc3[nH]2)CCN1Cc1cc2cnccc2[nH]1. The molecule has 27 heavy (non-hydrogen) atoms. The molecule has 7 nitrogen and oxygen atoms in total. The standard InChI is InChI=1S/C20H20N6O/c27-20-13-25(11-16-7-14-9-21-3-1-18(14)23-16)5-6-26(20)12-17-8-15-10-22-4-2-19(15)24-17/h1-4,7-10,23-24H,5-6,11-13H2. The molecule has 136 valence electrons. The van der Waals surface area contributed by atoms with Gasteiger partial charge in [0.15, 0.2) is 0 Å². The number of nitrogens with zero attached hydrogens (tertiary/aromatic N) is 4. The van der Waals surface area contributed by atoms with E-state index in [0.29, 0.717) is 13.1 Å². The van der Waals surface area contributed by atoms with Crippen molar-refractivity contribution in [2.75, 3.05) is 19.6 Å². The van der Waals surface area contributed by atoms with Gasteiger partial charge in [0.2, 0.25) is 5.91 Å². The van der Waals surface area contributed by atoms with Crippen LogP contribution in [0.3, 0.4) is 0 Å². The summed E-state index contributed by atoms with van der Waals surface area (Å²) in [6, 6.07) is 8.10. The Morgan fingerprint density at radius 3 is 2.11 bits per heavy atom.